The largest absolute Gasteiger partial charge is 0.508 e. The van der Waals surface area contributed by atoms with Gasteiger partial charge >= 0.3 is 6.18 Å². The topological polar surface area (TPSA) is 20.2 Å². The van der Waals surface area contributed by atoms with E-state index in [1.807, 2.05) is 32.9 Å². The molecule has 0 saturated heterocycles. The third-order valence-corrected chi connectivity index (χ3v) is 7.19. The highest BCUT2D eigenvalue weighted by Gasteiger charge is 2.38. The lowest BCUT2D eigenvalue weighted by Crippen LogP contribution is -2.26. The normalized spacial score (nSPS) is 12.9. The Hall–Kier alpha value is -1.54. The second-order valence-corrected chi connectivity index (χ2v) is 8.14. The summed E-state index contributed by atoms with van der Waals surface area (Å²) in [6, 6.07) is 9.69. The van der Waals surface area contributed by atoms with Crippen LogP contribution in [-0.4, -0.2) is 5.11 Å². The van der Waals surface area contributed by atoms with Crippen LogP contribution in [0.5, 0.6) is 5.75 Å². The molecular weight excluding hydrogens is 344 g/mol. The van der Waals surface area contributed by atoms with Crippen molar-refractivity contribution in [3.63, 3.8) is 0 Å². The lowest BCUT2D eigenvalue weighted by atomic mass is 9.91. The lowest BCUT2D eigenvalue weighted by molar-refractivity contribution is -0.136. The molecule has 2 aromatic rings. The maximum atomic E-state index is 13.5. The summed E-state index contributed by atoms with van der Waals surface area (Å²) in [6.07, 6.45) is -3.06. The van der Waals surface area contributed by atoms with Crippen molar-refractivity contribution in [3.05, 3.63) is 58.7 Å². The van der Waals surface area contributed by atoms with E-state index in [1.54, 1.807) is 19.1 Å². The summed E-state index contributed by atoms with van der Waals surface area (Å²) >= 11 is 0. The molecule has 0 spiro atoms. The molecule has 2 rings (SSSR count). The zero-order valence-corrected chi connectivity index (χ0v) is 16.0. The molecule has 0 amide bonds. The van der Waals surface area contributed by atoms with E-state index in [-0.39, 0.29) is 14.3 Å². The molecule has 1 atom stereocenters. The fraction of sp³-hybridized carbons (Fsp3) is 0.400. The minimum absolute atomic E-state index is 0.0727. The van der Waals surface area contributed by atoms with Gasteiger partial charge in [0.2, 0.25) is 0 Å². The number of aryl methyl sites for hydroxylation is 2. The third kappa shape index (κ3) is 4.00. The van der Waals surface area contributed by atoms with Gasteiger partial charge in [-0.15, -0.1) is 0 Å². The molecule has 0 aliphatic rings. The molecule has 2 aromatic carbocycles. The number of aromatic hydroxyl groups is 1. The van der Waals surface area contributed by atoms with Crippen molar-refractivity contribution in [3.8, 4) is 5.75 Å². The number of rotatable bonds is 5. The molecule has 25 heavy (non-hydrogen) atoms. The molecule has 136 valence electrons. The number of hydrogen-bond acceptors (Lipinski definition) is 1. The smallest absolute Gasteiger partial charge is 0.417 e. The number of halogens is 3. The highest BCUT2D eigenvalue weighted by molar-refractivity contribution is 7.48. The first-order valence-corrected chi connectivity index (χ1v) is 9.39. The van der Waals surface area contributed by atoms with Gasteiger partial charge in [-0.25, -0.2) is 0 Å². The summed E-state index contributed by atoms with van der Waals surface area (Å²) < 4.78 is 40.5. The van der Waals surface area contributed by atoms with Crippen LogP contribution in [0.4, 0.5) is 13.2 Å². The highest BCUT2D eigenvalue weighted by atomic mass is 31.1. The molecule has 5 heteroatoms. The van der Waals surface area contributed by atoms with Crippen LogP contribution >= 0.6 is 8.58 Å². The summed E-state index contributed by atoms with van der Waals surface area (Å²) in [5.74, 6) is 0.156. The maximum absolute atomic E-state index is 13.5. The zero-order valence-electron chi connectivity index (χ0n) is 15.0. The van der Waals surface area contributed by atoms with E-state index in [0.717, 1.165) is 17.2 Å². The zero-order chi connectivity index (χ0) is 18.8. The van der Waals surface area contributed by atoms with Crippen LogP contribution in [0.25, 0.3) is 0 Å². The van der Waals surface area contributed by atoms with Crippen LogP contribution in [0.15, 0.2) is 36.4 Å². The van der Waals surface area contributed by atoms with Gasteiger partial charge in [-0.3, -0.25) is 0 Å². The Bertz CT molecular complexity index is 749. The average molecular weight is 368 g/mol. The first-order valence-electron chi connectivity index (χ1n) is 8.39. The van der Waals surface area contributed by atoms with Crippen molar-refractivity contribution in [1.29, 1.82) is 0 Å². The number of phenols is 1. The second-order valence-electron chi connectivity index (χ2n) is 6.43. The Kier molecular flexibility index (Phi) is 5.83. The Morgan fingerprint density at radius 1 is 0.960 bits per heavy atom. The summed E-state index contributed by atoms with van der Waals surface area (Å²) in [6.45, 7) is 7.61. The quantitative estimate of drug-likeness (QED) is 0.637. The molecule has 0 aliphatic carbocycles. The summed E-state index contributed by atoms with van der Waals surface area (Å²) in [5, 5.41) is 10.2. The molecule has 1 N–H and O–H groups in total. The molecule has 0 bridgehead atoms. The number of hydrogen-bond donors (Lipinski definition) is 1. The van der Waals surface area contributed by atoms with Crippen molar-refractivity contribution in [2.75, 3.05) is 0 Å². The van der Waals surface area contributed by atoms with Gasteiger partial charge in [-0.1, -0.05) is 52.3 Å². The van der Waals surface area contributed by atoms with Gasteiger partial charge in [-0.05, 0) is 49.7 Å². The maximum Gasteiger partial charge on any atom is 0.417 e. The number of phenolic OH excluding ortho intramolecular Hbond substituents is 1. The molecule has 0 heterocycles. The Labute approximate surface area is 149 Å². The minimum atomic E-state index is -4.38. The summed E-state index contributed by atoms with van der Waals surface area (Å²) in [4.78, 5) is 0. The van der Waals surface area contributed by atoms with E-state index in [2.05, 4.69) is 0 Å². The number of alkyl halides is 3. The van der Waals surface area contributed by atoms with Crippen LogP contribution in [0.2, 0.25) is 0 Å². The highest BCUT2D eigenvalue weighted by Crippen LogP contribution is 2.51. The van der Waals surface area contributed by atoms with E-state index < -0.39 is 16.9 Å². The molecule has 1 unspecified atom stereocenters. The van der Waals surface area contributed by atoms with E-state index in [4.69, 9.17) is 0 Å². The Morgan fingerprint density at radius 3 is 2.16 bits per heavy atom. The monoisotopic (exact) mass is 368 g/mol. The van der Waals surface area contributed by atoms with Crippen LogP contribution in [-0.2, 0) is 11.3 Å². The van der Waals surface area contributed by atoms with Crippen molar-refractivity contribution in [2.45, 2.75) is 51.9 Å². The fourth-order valence-electron chi connectivity index (χ4n) is 3.22. The molecular formula is C20H24F3OP. The van der Waals surface area contributed by atoms with Crippen LogP contribution < -0.4 is 5.30 Å². The van der Waals surface area contributed by atoms with Gasteiger partial charge in [0, 0.05) is 10.7 Å². The standard InChI is InChI=1S/C20H24F3OP/c1-5-19(6-2,16-12-13(3)10-11-17(16)24)25-18-14(4)8-7-9-15(18)20(21,22)23/h7-12,24-25H,5-6H2,1-4H3. The molecule has 0 saturated carbocycles. The third-order valence-electron chi connectivity index (χ3n) is 4.82. The Morgan fingerprint density at radius 2 is 1.60 bits per heavy atom. The average Bonchev–Trinajstić information content (AvgIpc) is 2.55. The molecule has 0 aliphatic heterocycles. The van der Waals surface area contributed by atoms with Crippen molar-refractivity contribution >= 4 is 13.9 Å². The molecule has 1 nitrogen and oxygen atoms in total. The van der Waals surface area contributed by atoms with E-state index >= 15 is 0 Å². The lowest BCUT2D eigenvalue weighted by Gasteiger charge is -2.35. The molecule has 0 radical (unpaired) electrons. The summed E-state index contributed by atoms with van der Waals surface area (Å²) in [5.41, 5.74) is 1.81. The van der Waals surface area contributed by atoms with Crippen molar-refractivity contribution < 1.29 is 18.3 Å². The van der Waals surface area contributed by atoms with Crippen molar-refractivity contribution in [1.82, 2.24) is 0 Å². The number of benzene rings is 2. The van der Waals surface area contributed by atoms with Gasteiger partial charge in [0.05, 0.1) is 5.56 Å². The minimum Gasteiger partial charge on any atom is -0.508 e. The van der Waals surface area contributed by atoms with Crippen LogP contribution in [0, 0.1) is 13.8 Å². The van der Waals surface area contributed by atoms with Gasteiger partial charge < -0.3 is 5.11 Å². The molecule has 0 fully saturated rings. The second kappa shape index (κ2) is 7.37. The predicted octanol–water partition coefficient (Wildman–Crippen LogP) is 6.05. The van der Waals surface area contributed by atoms with Gasteiger partial charge in [0.15, 0.2) is 0 Å². The van der Waals surface area contributed by atoms with E-state index in [1.165, 1.54) is 6.07 Å². The van der Waals surface area contributed by atoms with Gasteiger partial charge in [-0.2, -0.15) is 13.2 Å². The first kappa shape index (κ1) is 19.8. The van der Waals surface area contributed by atoms with E-state index in [9.17, 15) is 18.3 Å². The predicted molar refractivity (Wildman–Crippen MR) is 99.2 cm³/mol. The van der Waals surface area contributed by atoms with Gasteiger partial charge in [0.1, 0.15) is 5.75 Å². The molecule has 0 aromatic heterocycles. The van der Waals surface area contributed by atoms with E-state index in [0.29, 0.717) is 23.7 Å². The van der Waals surface area contributed by atoms with Crippen LogP contribution in [0.1, 0.15) is 48.9 Å². The first-order chi connectivity index (χ1) is 11.6. The van der Waals surface area contributed by atoms with Gasteiger partial charge in [0.25, 0.3) is 0 Å². The fourth-order valence-corrected chi connectivity index (χ4v) is 5.02. The summed E-state index contributed by atoms with van der Waals surface area (Å²) in [7, 11) is -0.0727. The Balaban J connectivity index is 2.64. The SMILES string of the molecule is CCC(CC)(Pc1c(C)cccc1C(F)(F)F)c1cc(C)ccc1O. The van der Waals surface area contributed by atoms with Crippen molar-refractivity contribution in [2.24, 2.45) is 0 Å². The van der Waals surface area contributed by atoms with Crippen LogP contribution in [0.3, 0.4) is 0 Å².